The maximum atomic E-state index is 6.11. The number of likely N-dealkylation sites (tertiary alicyclic amines) is 1. The SMILES string of the molecule is Cc1cccc2nc(CN=C(N)N3CCC(C)CC3)cn12. The number of hydrogen-bond acceptors (Lipinski definition) is 2. The van der Waals surface area contributed by atoms with Crippen molar-refractivity contribution in [3.8, 4) is 0 Å². The molecule has 3 heterocycles. The van der Waals surface area contributed by atoms with Crippen molar-refractivity contribution in [2.75, 3.05) is 13.1 Å². The molecule has 1 aliphatic rings. The summed E-state index contributed by atoms with van der Waals surface area (Å²) >= 11 is 0. The predicted octanol–water partition coefficient (Wildman–Crippen LogP) is 2.19. The Morgan fingerprint density at radius 1 is 1.38 bits per heavy atom. The molecule has 112 valence electrons. The highest BCUT2D eigenvalue weighted by Crippen LogP contribution is 2.16. The van der Waals surface area contributed by atoms with Gasteiger partial charge in [-0.25, -0.2) is 9.98 Å². The zero-order valence-electron chi connectivity index (χ0n) is 12.8. The number of nitrogens with zero attached hydrogens (tertiary/aromatic N) is 4. The second-order valence-electron chi connectivity index (χ2n) is 5.97. The zero-order valence-corrected chi connectivity index (χ0v) is 12.8. The summed E-state index contributed by atoms with van der Waals surface area (Å²) in [7, 11) is 0. The smallest absolute Gasteiger partial charge is 0.191 e. The highest BCUT2D eigenvalue weighted by Gasteiger charge is 2.16. The highest BCUT2D eigenvalue weighted by molar-refractivity contribution is 5.78. The van der Waals surface area contributed by atoms with E-state index in [0.717, 1.165) is 30.3 Å². The summed E-state index contributed by atoms with van der Waals surface area (Å²) in [6.45, 7) is 6.94. The van der Waals surface area contributed by atoms with Crippen LogP contribution >= 0.6 is 0 Å². The normalized spacial score (nSPS) is 17.6. The first kappa shape index (κ1) is 13.9. The Morgan fingerprint density at radius 3 is 2.86 bits per heavy atom. The second kappa shape index (κ2) is 5.76. The van der Waals surface area contributed by atoms with Crippen LogP contribution in [0.25, 0.3) is 5.65 Å². The molecule has 21 heavy (non-hydrogen) atoms. The van der Waals surface area contributed by atoms with Gasteiger partial charge < -0.3 is 15.0 Å². The van der Waals surface area contributed by atoms with Crippen molar-refractivity contribution in [2.45, 2.75) is 33.2 Å². The van der Waals surface area contributed by atoms with Gasteiger partial charge in [-0.3, -0.25) is 0 Å². The zero-order chi connectivity index (χ0) is 14.8. The topological polar surface area (TPSA) is 58.9 Å². The minimum absolute atomic E-state index is 0.541. The lowest BCUT2D eigenvalue weighted by Crippen LogP contribution is -2.42. The first-order chi connectivity index (χ1) is 10.1. The van der Waals surface area contributed by atoms with Crippen LogP contribution in [0.15, 0.2) is 29.4 Å². The molecule has 1 aliphatic heterocycles. The molecule has 0 aliphatic carbocycles. The molecular weight excluding hydrogens is 262 g/mol. The van der Waals surface area contributed by atoms with Crippen molar-refractivity contribution >= 4 is 11.6 Å². The molecule has 0 radical (unpaired) electrons. The van der Waals surface area contributed by atoms with Gasteiger partial charge in [-0.05, 0) is 37.8 Å². The monoisotopic (exact) mass is 285 g/mol. The summed E-state index contributed by atoms with van der Waals surface area (Å²) < 4.78 is 2.09. The van der Waals surface area contributed by atoms with Gasteiger partial charge in [-0.2, -0.15) is 0 Å². The second-order valence-corrected chi connectivity index (χ2v) is 5.97. The van der Waals surface area contributed by atoms with Crippen LogP contribution in [0.5, 0.6) is 0 Å². The van der Waals surface area contributed by atoms with Gasteiger partial charge in [0.25, 0.3) is 0 Å². The number of piperidine rings is 1. The largest absolute Gasteiger partial charge is 0.370 e. The lowest BCUT2D eigenvalue weighted by Gasteiger charge is -2.30. The van der Waals surface area contributed by atoms with E-state index in [9.17, 15) is 0 Å². The third kappa shape index (κ3) is 3.01. The van der Waals surface area contributed by atoms with Gasteiger partial charge in [-0.15, -0.1) is 0 Å². The summed E-state index contributed by atoms with van der Waals surface area (Å²) in [6.07, 6.45) is 4.44. The quantitative estimate of drug-likeness (QED) is 0.679. The van der Waals surface area contributed by atoms with Crippen molar-refractivity contribution in [2.24, 2.45) is 16.6 Å². The Labute approximate surface area is 125 Å². The van der Waals surface area contributed by atoms with E-state index in [-0.39, 0.29) is 0 Å². The first-order valence-electron chi connectivity index (χ1n) is 7.62. The number of hydrogen-bond donors (Lipinski definition) is 1. The Morgan fingerprint density at radius 2 is 2.14 bits per heavy atom. The van der Waals surface area contributed by atoms with Crippen LogP contribution in [0.3, 0.4) is 0 Å². The molecule has 0 bridgehead atoms. The molecule has 0 unspecified atom stereocenters. The molecule has 5 heteroatoms. The standard InChI is InChI=1S/C16H23N5/c1-12-6-8-20(9-7-12)16(17)18-10-14-11-21-13(2)4-3-5-15(21)19-14/h3-5,11-12H,6-10H2,1-2H3,(H2,17,18). The van der Waals surface area contributed by atoms with E-state index in [0.29, 0.717) is 12.5 Å². The minimum Gasteiger partial charge on any atom is -0.370 e. The summed E-state index contributed by atoms with van der Waals surface area (Å²) in [5.41, 5.74) is 9.20. The first-order valence-corrected chi connectivity index (χ1v) is 7.62. The van der Waals surface area contributed by atoms with Crippen LogP contribution in [0.4, 0.5) is 0 Å². The number of guanidine groups is 1. The number of aromatic nitrogens is 2. The minimum atomic E-state index is 0.541. The van der Waals surface area contributed by atoms with Crippen molar-refractivity contribution in [3.05, 3.63) is 35.8 Å². The van der Waals surface area contributed by atoms with Gasteiger partial charge in [0.15, 0.2) is 5.96 Å². The Balaban J connectivity index is 1.70. The van der Waals surface area contributed by atoms with Gasteiger partial charge in [0.05, 0.1) is 12.2 Å². The molecule has 0 spiro atoms. The highest BCUT2D eigenvalue weighted by atomic mass is 15.3. The molecule has 0 atom stereocenters. The summed E-state index contributed by atoms with van der Waals surface area (Å²) in [6, 6.07) is 6.11. The predicted molar refractivity (Wildman–Crippen MR) is 85.2 cm³/mol. The third-order valence-electron chi connectivity index (χ3n) is 4.26. The number of pyridine rings is 1. The molecule has 2 N–H and O–H groups in total. The van der Waals surface area contributed by atoms with Crippen LogP contribution < -0.4 is 5.73 Å². The van der Waals surface area contributed by atoms with Crippen molar-refractivity contribution < 1.29 is 0 Å². The number of rotatable bonds is 2. The van der Waals surface area contributed by atoms with Gasteiger partial charge in [0, 0.05) is 25.0 Å². The lowest BCUT2D eigenvalue weighted by molar-refractivity contribution is 0.277. The number of imidazole rings is 1. The van der Waals surface area contributed by atoms with E-state index in [1.807, 2.05) is 18.3 Å². The molecule has 3 rings (SSSR count). The van der Waals surface area contributed by atoms with Crippen LogP contribution in [0.1, 0.15) is 31.2 Å². The number of nitrogens with two attached hydrogens (primary N) is 1. The molecule has 0 aromatic carbocycles. The molecule has 1 fully saturated rings. The van der Waals surface area contributed by atoms with E-state index < -0.39 is 0 Å². The molecule has 2 aromatic heterocycles. The molecular formula is C16H23N5. The Kier molecular flexibility index (Phi) is 3.82. The summed E-state index contributed by atoms with van der Waals surface area (Å²) in [4.78, 5) is 11.3. The summed E-state index contributed by atoms with van der Waals surface area (Å²) in [5.74, 6) is 1.45. The average Bonchev–Trinajstić information content (AvgIpc) is 2.90. The van der Waals surface area contributed by atoms with Gasteiger partial charge in [0.2, 0.25) is 0 Å². The van der Waals surface area contributed by atoms with Crippen molar-refractivity contribution in [1.29, 1.82) is 0 Å². The van der Waals surface area contributed by atoms with E-state index in [2.05, 4.69) is 39.2 Å². The molecule has 5 nitrogen and oxygen atoms in total. The van der Waals surface area contributed by atoms with E-state index in [1.54, 1.807) is 0 Å². The van der Waals surface area contributed by atoms with E-state index in [4.69, 9.17) is 5.73 Å². The van der Waals surface area contributed by atoms with Gasteiger partial charge in [0.1, 0.15) is 5.65 Å². The Hall–Kier alpha value is -2.04. The number of aryl methyl sites for hydroxylation is 1. The van der Waals surface area contributed by atoms with Crippen LogP contribution in [-0.2, 0) is 6.54 Å². The van der Waals surface area contributed by atoms with E-state index >= 15 is 0 Å². The van der Waals surface area contributed by atoms with Crippen LogP contribution in [0.2, 0.25) is 0 Å². The fourth-order valence-electron chi connectivity index (χ4n) is 2.77. The third-order valence-corrected chi connectivity index (χ3v) is 4.26. The van der Waals surface area contributed by atoms with Gasteiger partial charge >= 0.3 is 0 Å². The van der Waals surface area contributed by atoms with Crippen LogP contribution in [0, 0.1) is 12.8 Å². The molecule has 0 saturated carbocycles. The average molecular weight is 285 g/mol. The van der Waals surface area contributed by atoms with E-state index in [1.165, 1.54) is 18.5 Å². The van der Waals surface area contributed by atoms with Crippen molar-refractivity contribution in [1.82, 2.24) is 14.3 Å². The van der Waals surface area contributed by atoms with Gasteiger partial charge in [-0.1, -0.05) is 13.0 Å². The molecule has 0 amide bonds. The number of fused-ring (bicyclic) bond motifs is 1. The maximum Gasteiger partial charge on any atom is 0.191 e. The number of aliphatic imine (C=N–C) groups is 1. The fraction of sp³-hybridized carbons (Fsp3) is 0.500. The lowest BCUT2D eigenvalue weighted by atomic mass is 10.00. The molecule has 2 aromatic rings. The molecule has 1 saturated heterocycles. The fourth-order valence-corrected chi connectivity index (χ4v) is 2.77. The van der Waals surface area contributed by atoms with Crippen molar-refractivity contribution in [3.63, 3.8) is 0 Å². The summed E-state index contributed by atoms with van der Waals surface area (Å²) in [5, 5.41) is 0. The van der Waals surface area contributed by atoms with Crippen LogP contribution in [-0.4, -0.2) is 33.3 Å². The Bertz CT molecular complexity index is 650. The maximum absolute atomic E-state index is 6.11.